The van der Waals surface area contributed by atoms with Gasteiger partial charge in [0.2, 0.25) is 0 Å². The summed E-state index contributed by atoms with van der Waals surface area (Å²) in [5.41, 5.74) is 1.86. The predicted octanol–water partition coefficient (Wildman–Crippen LogP) is 2.41. The number of rotatable bonds is 5. The topological polar surface area (TPSA) is 67.8 Å². The number of ether oxygens (including phenoxy) is 1. The molecule has 0 spiro atoms. The number of hydrogen-bond acceptors (Lipinski definition) is 5. The van der Waals surface area contributed by atoms with Crippen LogP contribution >= 0.6 is 0 Å². The van der Waals surface area contributed by atoms with Gasteiger partial charge in [-0.05, 0) is 36.2 Å². The third-order valence-corrected chi connectivity index (χ3v) is 4.91. The lowest BCUT2D eigenvalue weighted by Gasteiger charge is -2.17. The zero-order valence-electron chi connectivity index (χ0n) is 13.5. The Morgan fingerprint density at radius 3 is 2.54 bits per heavy atom. The summed E-state index contributed by atoms with van der Waals surface area (Å²) in [5.74, 6) is 1.63. The molecule has 1 N–H and O–H groups in total. The van der Waals surface area contributed by atoms with Crippen LogP contribution in [0.5, 0.6) is 5.75 Å². The van der Waals surface area contributed by atoms with Crippen molar-refractivity contribution in [3.8, 4) is 5.75 Å². The van der Waals surface area contributed by atoms with Crippen molar-refractivity contribution in [2.24, 2.45) is 4.99 Å². The van der Waals surface area contributed by atoms with Gasteiger partial charge in [0.05, 0.1) is 10.5 Å². The van der Waals surface area contributed by atoms with Gasteiger partial charge in [0, 0.05) is 19.3 Å². The molecule has 0 amide bonds. The van der Waals surface area contributed by atoms with Crippen molar-refractivity contribution in [3.05, 3.63) is 59.7 Å². The van der Waals surface area contributed by atoms with Crippen LogP contribution < -0.4 is 10.1 Å². The number of para-hydroxylation sites is 1. The minimum atomic E-state index is -3.17. The molecule has 2 aromatic rings. The number of benzene rings is 2. The van der Waals surface area contributed by atoms with Gasteiger partial charge in [0.25, 0.3) is 0 Å². The lowest BCUT2D eigenvalue weighted by molar-refractivity contribution is 0.305. The van der Waals surface area contributed by atoms with Gasteiger partial charge in [-0.1, -0.05) is 24.3 Å². The van der Waals surface area contributed by atoms with Gasteiger partial charge in [0.1, 0.15) is 18.2 Å². The van der Waals surface area contributed by atoms with E-state index in [4.69, 9.17) is 4.74 Å². The van der Waals surface area contributed by atoms with Crippen LogP contribution in [0.25, 0.3) is 0 Å². The lowest BCUT2D eigenvalue weighted by atomic mass is 10.1. The Bertz CT molecular complexity index is 843. The van der Waals surface area contributed by atoms with E-state index in [9.17, 15) is 8.42 Å². The number of sulfone groups is 1. The van der Waals surface area contributed by atoms with Crippen molar-refractivity contribution >= 4 is 15.7 Å². The Morgan fingerprint density at radius 2 is 1.88 bits per heavy atom. The van der Waals surface area contributed by atoms with Crippen LogP contribution in [-0.4, -0.2) is 33.6 Å². The second-order valence-electron chi connectivity index (χ2n) is 5.71. The molecular weight excluding hydrogens is 324 g/mol. The highest BCUT2D eigenvalue weighted by Gasteiger charge is 2.12. The van der Waals surface area contributed by atoms with E-state index in [1.807, 2.05) is 24.3 Å². The van der Waals surface area contributed by atoms with E-state index in [-0.39, 0.29) is 0 Å². The second kappa shape index (κ2) is 7.05. The average Bonchev–Trinajstić information content (AvgIpc) is 2.60. The maximum absolute atomic E-state index is 11.5. The third kappa shape index (κ3) is 3.94. The predicted molar refractivity (Wildman–Crippen MR) is 94.3 cm³/mol. The summed E-state index contributed by atoms with van der Waals surface area (Å²) < 4.78 is 28.9. The molecule has 3 rings (SSSR count). The van der Waals surface area contributed by atoms with Gasteiger partial charge < -0.3 is 10.1 Å². The summed E-state index contributed by atoms with van der Waals surface area (Å²) in [5, 5.41) is 3.30. The van der Waals surface area contributed by atoms with E-state index in [0.29, 0.717) is 11.5 Å². The standard InChI is InChI=1S/C18H20N2O3S/c1-24(21,22)15-9-7-14(8-10-15)13-23-17-6-3-2-5-16(17)18-19-11-4-12-20-18/h2-3,5-10H,4,11-13H2,1H3,(H,19,20). The summed E-state index contributed by atoms with van der Waals surface area (Å²) in [7, 11) is -3.17. The fraction of sp³-hybridized carbons (Fsp3) is 0.278. The van der Waals surface area contributed by atoms with Gasteiger partial charge in [-0.25, -0.2) is 8.42 Å². The highest BCUT2D eigenvalue weighted by atomic mass is 32.2. The van der Waals surface area contributed by atoms with Gasteiger partial charge in [-0.2, -0.15) is 0 Å². The molecule has 0 saturated heterocycles. The minimum absolute atomic E-state index is 0.312. The van der Waals surface area contributed by atoms with Crippen LogP contribution in [0.2, 0.25) is 0 Å². The molecule has 1 aliphatic heterocycles. The van der Waals surface area contributed by atoms with Crippen LogP contribution in [0.1, 0.15) is 17.5 Å². The van der Waals surface area contributed by atoms with Crippen LogP contribution in [0.15, 0.2) is 58.4 Å². The molecule has 126 valence electrons. The molecule has 0 radical (unpaired) electrons. The highest BCUT2D eigenvalue weighted by molar-refractivity contribution is 7.90. The van der Waals surface area contributed by atoms with Crippen molar-refractivity contribution < 1.29 is 13.2 Å². The van der Waals surface area contributed by atoms with Crippen molar-refractivity contribution in [1.29, 1.82) is 0 Å². The van der Waals surface area contributed by atoms with Crippen LogP contribution in [-0.2, 0) is 16.4 Å². The average molecular weight is 344 g/mol. The second-order valence-corrected chi connectivity index (χ2v) is 7.73. The van der Waals surface area contributed by atoms with Gasteiger partial charge in [0.15, 0.2) is 9.84 Å². The van der Waals surface area contributed by atoms with E-state index < -0.39 is 9.84 Å². The van der Waals surface area contributed by atoms with Gasteiger partial charge >= 0.3 is 0 Å². The molecule has 0 aliphatic carbocycles. The smallest absolute Gasteiger partial charge is 0.175 e. The maximum atomic E-state index is 11.5. The van der Waals surface area contributed by atoms with E-state index in [1.54, 1.807) is 24.3 Å². The minimum Gasteiger partial charge on any atom is -0.488 e. The monoisotopic (exact) mass is 344 g/mol. The van der Waals surface area contributed by atoms with E-state index in [0.717, 1.165) is 42.2 Å². The van der Waals surface area contributed by atoms with Gasteiger partial charge in [-0.3, -0.25) is 4.99 Å². The first-order valence-corrected chi connectivity index (χ1v) is 9.73. The number of nitrogens with one attached hydrogen (secondary N) is 1. The summed E-state index contributed by atoms with van der Waals surface area (Å²) in [6.45, 7) is 2.11. The first kappa shape index (κ1) is 16.5. The molecule has 6 heteroatoms. The Hall–Kier alpha value is -2.34. The third-order valence-electron chi connectivity index (χ3n) is 3.79. The summed E-state index contributed by atoms with van der Waals surface area (Å²) >= 11 is 0. The number of nitrogens with zero attached hydrogens (tertiary/aromatic N) is 1. The van der Waals surface area contributed by atoms with Crippen molar-refractivity contribution in [1.82, 2.24) is 5.32 Å². The van der Waals surface area contributed by atoms with Crippen LogP contribution in [0, 0.1) is 0 Å². The fourth-order valence-electron chi connectivity index (χ4n) is 2.50. The van der Waals surface area contributed by atoms with E-state index >= 15 is 0 Å². The molecule has 0 fully saturated rings. The fourth-order valence-corrected chi connectivity index (χ4v) is 3.13. The molecule has 1 aliphatic rings. The molecule has 0 atom stereocenters. The molecule has 0 unspecified atom stereocenters. The largest absolute Gasteiger partial charge is 0.488 e. The van der Waals surface area contributed by atoms with E-state index in [1.165, 1.54) is 6.26 Å². The molecule has 0 aromatic heterocycles. The molecule has 0 bridgehead atoms. The molecule has 0 saturated carbocycles. The first-order valence-electron chi connectivity index (χ1n) is 7.83. The number of hydrogen-bond donors (Lipinski definition) is 1. The van der Waals surface area contributed by atoms with Crippen molar-refractivity contribution in [3.63, 3.8) is 0 Å². The lowest BCUT2D eigenvalue weighted by Crippen LogP contribution is -2.30. The molecule has 24 heavy (non-hydrogen) atoms. The normalized spacial score (nSPS) is 14.6. The Morgan fingerprint density at radius 1 is 1.12 bits per heavy atom. The molecular formula is C18H20N2O3S. The van der Waals surface area contributed by atoms with Crippen LogP contribution in [0.3, 0.4) is 0 Å². The molecule has 2 aromatic carbocycles. The Balaban J connectivity index is 1.74. The molecule has 5 nitrogen and oxygen atoms in total. The van der Waals surface area contributed by atoms with E-state index in [2.05, 4.69) is 10.3 Å². The highest BCUT2D eigenvalue weighted by Crippen LogP contribution is 2.21. The maximum Gasteiger partial charge on any atom is 0.175 e. The summed E-state index contributed by atoms with van der Waals surface area (Å²) in [6, 6.07) is 14.5. The zero-order valence-corrected chi connectivity index (χ0v) is 14.3. The number of amidine groups is 1. The number of aliphatic imine (C=N–C) groups is 1. The quantitative estimate of drug-likeness (QED) is 0.904. The zero-order chi connectivity index (χ0) is 17.0. The van der Waals surface area contributed by atoms with Crippen molar-refractivity contribution in [2.45, 2.75) is 17.9 Å². The summed E-state index contributed by atoms with van der Waals surface area (Å²) in [4.78, 5) is 4.83. The first-order chi connectivity index (χ1) is 11.5. The van der Waals surface area contributed by atoms with Crippen molar-refractivity contribution in [2.75, 3.05) is 19.3 Å². The molecule has 1 heterocycles. The SMILES string of the molecule is CS(=O)(=O)c1ccc(COc2ccccc2C2=NCCCN2)cc1. The Kier molecular flexibility index (Phi) is 4.85. The van der Waals surface area contributed by atoms with Gasteiger partial charge in [-0.15, -0.1) is 0 Å². The summed E-state index contributed by atoms with van der Waals surface area (Å²) in [6.07, 6.45) is 2.24. The van der Waals surface area contributed by atoms with Crippen LogP contribution in [0.4, 0.5) is 0 Å². The Labute approximate surface area is 142 Å².